The number of hydrazine groups is 1. The van der Waals surface area contributed by atoms with Gasteiger partial charge in [0.15, 0.2) is 0 Å². The Morgan fingerprint density at radius 2 is 1.64 bits per heavy atom. The monoisotopic (exact) mass is 294 g/mol. The number of benzene rings is 2. The molecule has 0 aliphatic heterocycles. The van der Waals surface area contributed by atoms with Crippen molar-refractivity contribution in [2.45, 2.75) is 38.6 Å². The van der Waals surface area contributed by atoms with Crippen LogP contribution in [0.3, 0.4) is 0 Å². The van der Waals surface area contributed by atoms with Crippen LogP contribution in [0, 0.1) is 0 Å². The third-order valence-electron chi connectivity index (χ3n) is 3.76. The van der Waals surface area contributed by atoms with Crippen molar-refractivity contribution in [3.8, 4) is 0 Å². The molecule has 116 valence electrons. The molecule has 2 rings (SSSR count). The first-order valence-electron chi connectivity index (χ1n) is 8.13. The maximum atomic E-state index is 4.05. The molecule has 1 atom stereocenters. The number of hydrogen-bond acceptors (Lipinski definition) is 2. The van der Waals surface area contributed by atoms with E-state index in [4.69, 9.17) is 0 Å². The van der Waals surface area contributed by atoms with Crippen molar-refractivity contribution >= 4 is 11.4 Å². The molecule has 0 saturated carbocycles. The van der Waals surface area contributed by atoms with E-state index in [-0.39, 0.29) is 6.04 Å². The number of anilines is 2. The summed E-state index contributed by atoms with van der Waals surface area (Å²) in [5.41, 5.74) is 5.79. The van der Waals surface area contributed by atoms with Crippen LogP contribution in [-0.4, -0.2) is 6.04 Å². The minimum Gasteiger partial charge on any atom is -0.298 e. The molecular formula is C20H26N2. The van der Waals surface area contributed by atoms with Gasteiger partial charge in [-0.15, -0.1) is 6.58 Å². The Bertz CT molecular complexity index is 536. The minimum atomic E-state index is 0.272. The van der Waals surface area contributed by atoms with Gasteiger partial charge in [-0.05, 0) is 30.7 Å². The Balaban J connectivity index is 2.18. The number of para-hydroxylation sites is 2. The summed E-state index contributed by atoms with van der Waals surface area (Å²) in [5, 5.41) is 2.22. The zero-order chi connectivity index (χ0) is 15.6. The summed E-state index contributed by atoms with van der Waals surface area (Å²) in [7, 11) is 0. The highest BCUT2D eigenvalue weighted by Crippen LogP contribution is 2.22. The molecule has 0 radical (unpaired) electrons. The average Bonchev–Trinajstić information content (AvgIpc) is 2.59. The molecule has 2 heteroatoms. The third-order valence-corrected chi connectivity index (χ3v) is 3.76. The second-order valence-electron chi connectivity index (χ2n) is 5.48. The van der Waals surface area contributed by atoms with Crippen molar-refractivity contribution in [3.05, 3.63) is 73.3 Å². The summed E-state index contributed by atoms with van der Waals surface area (Å²) in [5.74, 6) is 0. The highest BCUT2D eigenvalue weighted by Gasteiger charge is 2.15. The molecule has 2 aromatic rings. The zero-order valence-corrected chi connectivity index (χ0v) is 13.4. The SMILES string of the molecule is C=CC(CCCCC)N(Nc1ccccc1)c1ccccc1. The average molecular weight is 294 g/mol. The van der Waals surface area contributed by atoms with Gasteiger partial charge in [-0.1, -0.05) is 68.7 Å². The molecule has 0 aliphatic carbocycles. The quantitative estimate of drug-likeness (QED) is 0.365. The first-order valence-corrected chi connectivity index (χ1v) is 8.13. The zero-order valence-electron chi connectivity index (χ0n) is 13.4. The lowest BCUT2D eigenvalue weighted by atomic mass is 10.1. The van der Waals surface area contributed by atoms with E-state index in [1.165, 1.54) is 19.3 Å². The van der Waals surface area contributed by atoms with Crippen LogP contribution in [0.25, 0.3) is 0 Å². The van der Waals surface area contributed by atoms with E-state index in [1.807, 2.05) is 30.3 Å². The summed E-state index contributed by atoms with van der Waals surface area (Å²) >= 11 is 0. The van der Waals surface area contributed by atoms with Crippen LogP contribution >= 0.6 is 0 Å². The fourth-order valence-corrected chi connectivity index (χ4v) is 2.54. The molecule has 2 aromatic carbocycles. The van der Waals surface area contributed by atoms with Crippen molar-refractivity contribution < 1.29 is 0 Å². The molecule has 0 spiro atoms. The highest BCUT2D eigenvalue weighted by atomic mass is 15.5. The standard InChI is InChI=1S/C20H26N2/c1-3-5-8-15-19(4-2)22(20-16-11-7-12-17-20)21-18-13-9-6-10-14-18/h4,6-7,9-14,16-17,19,21H,2-3,5,8,15H2,1H3. The summed E-state index contributed by atoms with van der Waals surface area (Å²) in [6, 6.07) is 21.0. The second kappa shape index (κ2) is 8.93. The van der Waals surface area contributed by atoms with Crippen molar-refractivity contribution in [2.24, 2.45) is 0 Å². The predicted octanol–water partition coefficient (Wildman–Crippen LogP) is 5.66. The van der Waals surface area contributed by atoms with Gasteiger partial charge >= 0.3 is 0 Å². The van der Waals surface area contributed by atoms with Crippen LogP contribution in [0.1, 0.15) is 32.6 Å². The molecule has 0 heterocycles. The van der Waals surface area contributed by atoms with Gasteiger partial charge in [0.2, 0.25) is 0 Å². The summed E-state index contributed by atoms with van der Waals surface area (Å²) < 4.78 is 0. The molecule has 0 amide bonds. The molecule has 22 heavy (non-hydrogen) atoms. The van der Waals surface area contributed by atoms with Gasteiger partial charge in [-0.2, -0.15) is 0 Å². The molecule has 1 N–H and O–H groups in total. The van der Waals surface area contributed by atoms with Gasteiger partial charge in [-0.25, -0.2) is 0 Å². The number of rotatable bonds is 9. The van der Waals surface area contributed by atoms with Crippen LogP contribution in [0.15, 0.2) is 73.3 Å². The molecule has 0 aromatic heterocycles. The van der Waals surface area contributed by atoms with Gasteiger partial charge in [0.05, 0.1) is 17.4 Å². The lowest BCUT2D eigenvalue weighted by Gasteiger charge is -2.33. The third kappa shape index (κ3) is 4.66. The maximum Gasteiger partial charge on any atom is 0.0681 e. The van der Waals surface area contributed by atoms with E-state index in [2.05, 4.69) is 60.3 Å². The Labute approximate surface area is 134 Å². The Morgan fingerprint density at radius 3 is 2.23 bits per heavy atom. The minimum absolute atomic E-state index is 0.272. The fraction of sp³-hybridized carbons (Fsp3) is 0.300. The lowest BCUT2D eigenvalue weighted by molar-refractivity contribution is 0.601. The van der Waals surface area contributed by atoms with E-state index in [9.17, 15) is 0 Å². The molecule has 0 saturated heterocycles. The van der Waals surface area contributed by atoms with E-state index < -0.39 is 0 Å². The van der Waals surface area contributed by atoms with Crippen molar-refractivity contribution in [1.82, 2.24) is 0 Å². The first kappa shape index (κ1) is 16.2. The molecule has 1 unspecified atom stereocenters. The molecule has 0 aliphatic rings. The Kier molecular flexibility index (Phi) is 6.56. The molecule has 2 nitrogen and oxygen atoms in total. The van der Waals surface area contributed by atoms with Crippen LogP contribution in [0.5, 0.6) is 0 Å². The Hall–Kier alpha value is -2.22. The van der Waals surface area contributed by atoms with Gasteiger partial charge in [-0.3, -0.25) is 10.4 Å². The number of nitrogens with zero attached hydrogens (tertiary/aromatic N) is 1. The number of unbranched alkanes of at least 4 members (excludes halogenated alkanes) is 2. The predicted molar refractivity (Wildman–Crippen MR) is 97.1 cm³/mol. The van der Waals surface area contributed by atoms with Crippen LogP contribution in [0.4, 0.5) is 11.4 Å². The van der Waals surface area contributed by atoms with Gasteiger partial charge in [0.25, 0.3) is 0 Å². The van der Waals surface area contributed by atoms with E-state index in [0.717, 1.165) is 17.8 Å². The van der Waals surface area contributed by atoms with Crippen molar-refractivity contribution in [2.75, 3.05) is 10.4 Å². The first-order chi connectivity index (χ1) is 10.8. The summed E-state index contributed by atoms with van der Waals surface area (Å²) in [6.45, 7) is 6.28. The number of nitrogens with one attached hydrogen (secondary N) is 1. The molecule has 0 fully saturated rings. The van der Waals surface area contributed by atoms with E-state index in [1.54, 1.807) is 0 Å². The van der Waals surface area contributed by atoms with E-state index in [0.29, 0.717) is 0 Å². The second-order valence-corrected chi connectivity index (χ2v) is 5.48. The number of hydrogen-bond donors (Lipinski definition) is 1. The largest absolute Gasteiger partial charge is 0.298 e. The fourth-order valence-electron chi connectivity index (χ4n) is 2.54. The normalized spacial score (nSPS) is 11.7. The maximum absolute atomic E-state index is 4.05. The lowest BCUT2D eigenvalue weighted by Crippen LogP contribution is -2.38. The van der Waals surface area contributed by atoms with Gasteiger partial charge in [0.1, 0.15) is 0 Å². The van der Waals surface area contributed by atoms with Crippen molar-refractivity contribution in [3.63, 3.8) is 0 Å². The summed E-state index contributed by atoms with van der Waals surface area (Å²) in [6.07, 6.45) is 6.86. The summed E-state index contributed by atoms with van der Waals surface area (Å²) in [4.78, 5) is 0. The van der Waals surface area contributed by atoms with Gasteiger partial charge in [0, 0.05) is 0 Å². The molecule has 0 bridgehead atoms. The van der Waals surface area contributed by atoms with Crippen LogP contribution in [-0.2, 0) is 0 Å². The van der Waals surface area contributed by atoms with Crippen LogP contribution in [0.2, 0.25) is 0 Å². The van der Waals surface area contributed by atoms with E-state index >= 15 is 0 Å². The van der Waals surface area contributed by atoms with Crippen LogP contribution < -0.4 is 10.4 Å². The van der Waals surface area contributed by atoms with Gasteiger partial charge < -0.3 is 0 Å². The topological polar surface area (TPSA) is 15.3 Å². The highest BCUT2D eigenvalue weighted by molar-refractivity contribution is 5.56. The van der Waals surface area contributed by atoms with Crippen molar-refractivity contribution in [1.29, 1.82) is 0 Å². The Morgan fingerprint density at radius 1 is 1.00 bits per heavy atom. The molecular weight excluding hydrogens is 268 g/mol. The smallest absolute Gasteiger partial charge is 0.0681 e.